The SMILES string of the molecule is OB(O)c1ccc(OCCCl)cc1. The molecule has 0 spiro atoms. The van der Waals surface area contributed by atoms with Crippen molar-refractivity contribution in [3.63, 3.8) is 0 Å². The van der Waals surface area contributed by atoms with E-state index >= 15 is 0 Å². The van der Waals surface area contributed by atoms with Crippen LogP contribution >= 0.6 is 11.6 Å². The summed E-state index contributed by atoms with van der Waals surface area (Å²) in [7, 11) is -1.43. The van der Waals surface area contributed by atoms with Crippen LogP contribution in [0.3, 0.4) is 0 Å². The van der Waals surface area contributed by atoms with Gasteiger partial charge in [-0.3, -0.25) is 0 Å². The molecule has 0 bridgehead atoms. The molecule has 0 aromatic heterocycles. The Morgan fingerprint density at radius 2 is 1.85 bits per heavy atom. The summed E-state index contributed by atoms with van der Waals surface area (Å²) in [6.07, 6.45) is 0. The van der Waals surface area contributed by atoms with Gasteiger partial charge in [0.05, 0.1) is 5.88 Å². The Bertz CT molecular complexity index is 250. The minimum absolute atomic E-state index is 0.435. The van der Waals surface area contributed by atoms with Crippen molar-refractivity contribution in [3.05, 3.63) is 24.3 Å². The zero-order chi connectivity index (χ0) is 9.68. The maximum Gasteiger partial charge on any atom is 0.488 e. The van der Waals surface area contributed by atoms with E-state index in [1.54, 1.807) is 24.3 Å². The van der Waals surface area contributed by atoms with Crippen LogP contribution in [0.15, 0.2) is 24.3 Å². The summed E-state index contributed by atoms with van der Waals surface area (Å²) in [6.45, 7) is 0.447. The number of rotatable bonds is 4. The van der Waals surface area contributed by atoms with Crippen molar-refractivity contribution in [3.8, 4) is 5.75 Å². The molecule has 0 unspecified atom stereocenters. The van der Waals surface area contributed by atoms with Gasteiger partial charge >= 0.3 is 7.12 Å². The van der Waals surface area contributed by atoms with Crippen LogP contribution < -0.4 is 10.2 Å². The van der Waals surface area contributed by atoms with Gasteiger partial charge in [-0.15, -0.1) is 11.6 Å². The molecule has 0 amide bonds. The highest BCUT2D eigenvalue weighted by Gasteiger charge is 2.09. The van der Waals surface area contributed by atoms with Crippen LogP contribution in [-0.4, -0.2) is 29.7 Å². The van der Waals surface area contributed by atoms with Gasteiger partial charge in [0.15, 0.2) is 0 Å². The lowest BCUT2D eigenvalue weighted by Gasteiger charge is -2.04. The van der Waals surface area contributed by atoms with Crippen molar-refractivity contribution < 1.29 is 14.8 Å². The number of hydrogen-bond donors (Lipinski definition) is 2. The zero-order valence-electron chi connectivity index (χ0n) is 6.98. The van der Waals surface area contributed by atoms with Crippen molar-refractivity contribution in [1.29, 1.82) is 0 Å². The molecule has 5 heteroatoms. The molecule has 0 atom stereocenters. The Kier molecular flexibility index (Phi) is 4.08. The predicted molar refractivity (Wildman–Crippen MR) is 52.5 cm³/mol. The molecular weight excluding hydrogens is 190 g/mol. The molecule has 2 N–H and O–H groups in total. The number of alkyl halides is 1. The summed E-state index contributed by atoms with van der Waals surface area (Å²) < 4.78 is 5.19. The lowest BCUT2D eigenvalue weighted by atomic mass is 9.80. The second-order valence-corrected chi connectivity index (χ2v) is 2.86. The van der Waals surface area contributed by atoms with Crippen LogP contribution in [0.4, 0.5) is 0 Å². The summed E-state index contributed by atoms with van der Waals surface area (Å²) in [5, 5.41) is 17.6. The van der Waals surface area contributed by atoms with Crippen LogP contribution in [0.25, 0.3) is 0 Å². The minimum atomic E-state index is -1.43. The first-order valence-corrected chi connectivity index (χ1v) is 4.42. The van der Waals surface area contributed by atoms with Gasteiger partial charge in [-0.05, 0) is 17.6 Å². The topological polar surface area (TPSA) is 49.7 Å². The Morgan fingerprint density at radius 3 is 2.31 bits per heavy atom. The monoisotopic (exact) mass is 200 g/mol. The lowest BCUT2D eigenvalue weighted by Crippen LogP contribution is -2.29. The molecule has 0 aliphatic heterocycles. The summed E-state index contributed by atoms with van der Waals surface area (Å²) in [5.74, 6) is 1.11. The van der Waals surface area contributed by atoms with E-state index in [1.165, 1.54) is 0 Å². The van der Waals surface area contributed by atoms with Crippen molar-refractivity contribution in [1.82, 2.24) is 0 Å². The van der Waals surface area contributed by atoms with E-state index in [9.17, 15) is 0 Å². The fraction of sp³-hybridized carbons (Fsp3) is 0.250. The van der Waals surface area contributed by atoms with Gasteiger partial charge in [0.1, 0.15) is 12.4 Å². The van der Waals surface area contributed by atoms with Crippen LogP contribution in [0.2, 0.25) is 0 Å². The molecule has 3 nitrogen and oxygen atoms in total. The average molecular weight is 200 g/mol. The molecule has 0 saturated carbocycles. The van der Waals surface area contributed by atoms with Gasteiger partial charge in [-0.25, -0.2) is 0 Å². The summed E-state index contributed by atoms with van der Waals surface area (Å²) in [4.78, 5) is 0. The summed E-state index contributed by atoms with van der Waals surface area (Å²) >= 11 is 5.43. The fourth-order valence-corrected chi connectivity index (χ4v) is 0.970. The van der Waals surface area contributed by atoms with E-state index in [2.05, 4.69) is 0 Å². The van der Waals surface area contributed by atoms with Gasteiger partial charge in [-0.2, -0.15) is 0 Å². The predicted octanol–water partition coefficient (Wildman–Crippen LogP) is -0.0160. The Morgan fingerprint density at radius 1 is 1.23 bits per heavy atom. The van der Waals surface area contributed by atoms with Crippen LogP contribution in [-0.2, 0) is 0 Å². The molecule has 0 fully saturated rings. The first kappa shape index (κ1) is 10.4. The molecule has 0 aliphatic carbocycles. The average Bonchev–Trinajstić information content (AvgIpc) is 2.15. The Hall–Kier alpha value is -0.705. The van der Waals surface area contributed by atoms with E-state index in [0.29, 0.717) is 23.7 Å². The van der Waals surface area contributed by atoms with Gasteiger partial charge < -0.3 is 14.8 Å². The van der Waals surface area contributed by atoms with E-state index in [-0.39, 0.29) is 0 Å². The maximum atomic E-state index is 8.78. The van der Waals surface area contributed by atoms with E-state index in [1.807, 2.05) is 0 Å². The molecule has 13 heavy (non-hydrogen) atoms. The minimum Gasteiger partial charge on any atom is -0.492 e. The lowest BCUT2D eigenvalue weighted by molar-refractivity contribution is 0.343. The third-order valence-corrected chi connectivity index (χ3v) is 1.68. The van der Waals surface area contributed by atoms with Crippen molar-refractivity contribution >= 4 is 24.2 Å². The van der Waals surface area contributed by atoms with Crippen molar-refractivity contribution in [2.45, 2.75) is 0 Å². The number of benzene rings is 1. The van der Waals surface area contributed by atoms with Gasteiger partial charge in [-0.1, -0.05) is 12.1 Å². The van der Waals surface area contributed by atoms with E-state index in [0.717, 1.165) is 0 Å². The highest BCUT2D eigenvalue weighted by atomic mass is 35.5. The highest BCUT2D eigenvalue weighted by Crippen LogP contribution is 2.07. The smallest absolute Gasteiger partial charge is 0.488 e. The number of halogens is 1. The second kappa shape index (κ2) is 5.12. The van der Waals surface area contributed by atoms with E-state index < -0.39 is 7.12 Å². The zero-order valence-corrected chi connectivity index (χ0v) is 7.74. The Balaban J connectivity index is 2.59. The molecule has 1 rings (SSSR count). The molecule has 1 aromatic rings. The van der Waals surface area contributed by atoms with Crippen molar-refractivity contribution in [2.75, 3.05) is 12.5 Å². The van der Waals surface area contributed by atoms with Crippen molar-refractivity contribution in [2.24, 2.45) is 0 Å². The van der Waals surface area contributed by atoms with Gasteiger partial charge in [0.2, 0.25) is 0 Å². The first-order chi connectivity index (χ1) is 6.24. The molecule has 0 saturated heterocycles. The standard InChI is InChI=1S/C8H10BClO3/c10-5-6-13-8-3-1-7(2-4-8)9(11)12/h1-4,11-12H,5-6H2. The number of hydrogen-bond acceptors (Lipinski definition) is 3. The third kappa shape index (κ3) is 3.26. The summed E-state index contributed by atoms with van der Waals surface area (Å²) in [5.41, 5.74) is 0.443. The molecule has 0 aliphatic rings. The van der Waals surface area contributed by atoms with Crippen LogP contribution in [0, 0.1) is 0 Å². The van der Waals surface area contributed by atoms with Crippen LogP contribution in [0.5, 0.6) is 5.75 Å². The van der Waals surface area contributed by atoms with E-state index in [4.69, 9.17) is 26.4 Å². The molecular formula is C8H10BClO3. The normalized spacial score (nSPS) is 9.77. The third-order valence-electron chi connectivity index (χ3n) is 1.52. The van der Waals surface area contributed by atoms with Gasteiger partial charge in [0.25, 0.3) is 0 Å². The highest BCUT2D eigenvalue weighted by molar-refractivity contribution is 6.58. The first-order valence-electron chi connectivity index (χ1n) is 3.89. The Labute approximate surface area is 82.1 Å². The number of ether oxygens (including phenoxy) is 1. The van der Waals surface area contributed by atoms with Gasteiger partial charge in [0, 0.05) is 0 Å². The maximum absolute atomic E-state index is 8.78. The summed E-state index contributed by atoms with van der Waals surface area (Å²) in [6, 6.07) is 6.52. The molecule has 0 heterocycles. The molecule has 70 valence electrons. The van der Waals surface area contributed by atoms with Crippen LogP contribution in [0.1, 0.15) is 0 Å². The second-order valence-electron chi connectivity index (χ2n) is 2.48. The molecule has 0 radical (unpaired) electrons. The quantitative estimate of drug-likeness (QED) is 0.531. The fourth-order valence-electron chi connectivity index (χ4n) is 0.893. The largest absolute Gasteiger partial charge is 0.492 e. The molecule has 1 aromatic carbocycles.